The molecular formula is C25H37NO11. The molecule has 1 amide bonds. The Balaban J connectivity index is 2.88. The lowest BCUT2D eigenvalue weighted by Crippen LogP contribution is -2.58. The summed E-state index contributed by atoms with van der Waals surface area (Å²) in [6.07, 6.45) is -1.41. The van der Waals surface area contributed by atoms with Crippen LogP contribution >= 0.6 is 0 Å². The van der Waals surface area contributed by atoms with Crippen LogP contribution in [0.2, 0.25) is 0 Å². The molecule has 1 aromatic rings. The van der Waals surface area contributed by atoms with E-state index in [9.17, 15) is 19.2 Å². The Morgan fingerprint density at radius 2 is 1.27 bits per heavy atom. The second kappa shape index (κ2) is 16.5. The van der Waals surface area contributed by atoms with Gasteiger partial charge in [0.1, 0.15) is 17.7 Å². The Labute approximate surface area is 216 Å². The first-order chi connectivity index (χ1) is 17.4. The summed E-state index contributed by atoms with van der Waals surface area (Å²) in [5.74, 6) is -2.59. The Morgan fingerprint density at radius 3 is 1.73 bits per heavy atom. The van der Waals surface area contributed by atoms with Gasteiger partial charge in [0.05, 0.1) is 58.9 Å². The van der Waals surface area contributed by atoms with Gasteiger partial charge in [-0.25, -0.2) is 4.79 Å². The number of amides is 1. The van der Waals surface area contributed by atoms with Gasteiger partial charge in [0.25, 0.3) is 0 Å². The van der Waals surface area contributed by atoms with Gasteiger partial charge in [0, 0.05) is 0 Å². The van der Waals surface area contributed by atoms with Gasteiger partial charge in [-0.2, -0.15) is 0 Å². The summed E-state index contributed by atoms with van der Waals surface area (Å²) in [6, 6.07) is 8.98. The summed E-state index contributed by atoms with van der Waals surface area (Å²) >= 11 is 0. The normalized spacial score (nSPS) is 11.5. The van der Waals surface area contributed by atoms with Gasteiger partial charge in [-0.3, -0.25) is 14.4 Å². The summed E-state index contributed by atoms with van der Waals surface area (Å²) < 4.78 is 27.1. The monoisotopic (exact) mass is 527 g/mol. The number of carboxylic acids is 2. The number of hydrogen-bond donors (Lipinski definition) is 3. The molecule has 1 aromatic carbocycles. The highest BCUT2D eigenvalue weighted by molar-refractivity contribution is 5.70. The largest absolute Gasteiger partial charge is 0.481 e. The molecule has 0 aliphatic carbocycles. The third kappa shape index (κ3) is 16.2. The maximum absolute atomic E-state index is 12.6. The Bertz CT molecular complexity index is 830. The van der Waals surface area contributed by atoms with Crippen molar-refractivity contribution in [2.45, 2.75) is 57.8 Å². The van der Waals surface area contributed by atoms with Crippen molar-refractivity contribution in [2.75, 3.05) is 39.6 Å². The maximum atomic E-state index is 12.6. The van der Waals surface area contributed by atoms with Crippen molar-refractivity contribution in [3.05, 3.63) is 35.9 Å². The average molecular weight is 528 g/mol. The summed E-state index contributed by atoms with van der Waals surface area (Å²) in [7, 11) is 0. The van der Waals surface area contributed by atoms with Crippen LogP contribution in [0.1, 0.15) is 45.6 Å². The van der Waals surface area contributed by atoms with Gasteiger partial charge in [-0.15, -0.1) is 0 Å². The second-order valence-corrected chi connectivity index (χ2v) is 9.25. The molecule has 0 fully saturated rings. The van der Waals surface area contributed by atoms with Gasteiger partial charge in [-0.1, -0.05) is 30.3 Å². The highest BCUT2D eigenvalue weighted by Crippen LogP contribution is 2.13. The van der Waals surface area contributed by atoms with E-state index in [2.05, 4.69) is 5.32 Å². The molecule has 208 valence electrons. The van der Waals surface area contributed by atoms with Crippen LogP contribution in [-0.2, 0) is 44.7 Å². The molecule has 0 aliphatic rings. The fourth-order valence-electron chi connectivity index (χ4n) is 2.88. The Hall–Kier alpha value is -3.22. The predicted molar refractivity (Wildman–Crippen MR) is 130 cm³/mol. The smallest absolute Gasteiger partial charge is 0.408 e. The predicted octanol–water partition coefficient (Wildman–Crippen LogP) is 2.38. The van der Waals surface area contributed by atoms with Crippen LogP contribution in [0.15, 0.2) is 30.3 Å². The third-order valence-electron chi connectivity index (χ3n) is 4.51. The van der Waals surface area contributed by atoms with E-state index in [-0.39, 0.29) is 65.5 Å². The Kier molecular flexibility index (Phi) is 14.2. The summed E-state index contributed by atoms with van der Waals surface area (Å²) in [4.78, 5) is 46.3. The molecule has 12 nitrogen and oxygen atoms in total. The lowest BCUT2D eigenvalue weighted by molar-refractivity contribution is -0.156. The fourth-order valence-corrected chi connectivity index (χ4v) is 2.88. The zero-order valence-corrected chi connectivity index (χ0v) is 21.5. The molecule has 0 saturated heterocycles. The summed E-state index contributed by atoms with van der Waals surface area (Å²) in [6.45, 7) is 4.23. The van der Waals surface area contributed by atoms with E-state index in [0.29, 0.717) is 0 Å². The first-order valence-electron chi connectivity index (χ1n) is 11.8. The number of carbonyl (C=O) groups excluding carboxylic acids is 2. The summed E-state index contributed by atoms with van der Waals surface area (Å²) in [5, 5.41) is 20.4. The van der Waals surface area contributed by atoms with Gasteiger partial charge < -0.3 is 39.2 Å². The number of ether oxygens (including phenoxy) is 5. The fraction of sp³-hybridized carbons (Fsp3) is 0.600. The average Bonchev–Trinajstić information content (AvgIpc) is 2.80. The lowest BCUT2D eigenvalue weighted by atomic mass is 10.0. The molecule has 37 heavy (non-hydrogen) atoms. The van der Waals surface area contributed by atoms with Crippen molar-refractivity contribution in [3.8, 4) is 0 Å². The minimum absolute atomic E-state index is 0.0119. The van der Waals surface area contributed by atoms with Gasteiger partial charge in [0.2, 0.25) is 0 Å². The molecule has 0 heterocycles. The number of benzene rings is 1. The van der Waals surface area contributed by atoms with Crippen LogP contribution < -0.4 is 5.32 Å². The molecule has 0 aliphatic heterocycles. The number of alkyl carbamates (subject to hydrolysis) is 1. The minimum Gasteiger partial charge on any atom is -0.481 e. The van der Waals surface area contributed by atoms with Crippen molar-refractivity contribution in [1.82, 2.24) is 5.32 Å². The van der Waals surface area contributed by atoms with Crippen LogP contribution in [0, 0.1) is 0 Å². The van der Waals surface area contributed by atoms with E-state index in [1.807, 2.05) is 6.07 Å². The lowest BCUT2D eigenvalue weighted by Gasteiger charge is -2.33. The second-order valence-electron chi connectivity index (χ2n) is 9.25. The van der Waals surface area contributed by atoms with Crippen molar-refractivity contribution >= 4 is 24.0 Å². The van der Waals surface area contributed by atoms with E-state index in [0.717, 1.165) is 5.56 Å². The zero-order valence-electron chi connectivity index (χ0n) is 21.5. The van der Waals surface area contributed by atoms with Crippen LogP contribution in [0.5, 0.6) is 0 Å². The standard InChI is InChI=1S/C25H37NO11/c1-24(2,3)37-22(31)11-14-35-18-25(16-33-12-9-20(27)28,17-34-13-10-21(29)30)26-23(32)36-15-19-7-5-4-6-8-19/h4-8H,9-18H2,1-3H3,(H,26,32)(H,27,28)(H,29,30). The molecule has 0 aromatic heterocycles. The van der Waals surface area contributed by atoms with E-state index < -0.39 is 35.1 Å². The quantitative estimate of drug-likeness (QED) is 0.189. The molecule has 0 unspecified atom stereocenters. The zero-order chi connectivity index (χ0) is 27.7. The van der Waals surface area contributed by atoms with Crippen molar-refractivity contribution in [2.24, 2.45) is 0 Å². The molecule has 0 spiro atoms. The van der Waals surface area contributed by atoms with E-state index >= 15 is 0 Å². The molecule has 0 atom stereocenters. The van der Waals surface area contributed by atoms with Crippen molar-refractivity contribution < 1.29 is 53.1 Å². The SMILES string of the molecule is CC(C)(C)OC(=O)CCOCC(COCCC(=O)O)(COCCC(=O)O)NC(=O)OCc1ccccc1. The van der Waals surface area contributed by atoms with Crippen LogP contribution in [0.25, 0.3) is 0 Å². The molecule has 12 heteroatoms. The number of hydrogen-bond acceptors (Lipinski definition) is 9. The number of carbonyl (C=O) groups is 4. The van der Waals surface area contributed by atoms with Crippen LogP contribution in [0.3, 0.4) is 0 Å². The number of aliphatic carboxylic acids is 2. The number of nitrogens with one attached hydrogen (secondary N) is 1. The number of esters is 1. The molecule has 1 rings (SSSR count). The highest BCUT2D eigenvalue weighted by Gasteiger charge is 2.35. The van der Waals surface area contributed by atoms with Gasteiger partial charge in [0.15, 0.2) is 0 Å². The van der Waals surface area contributed by atoms with Gasteiger partial charge in [-0.05, 0) is 26.3 Å². The van der Waals surface area contributed by atoms with Crippen molar-refractivity contribution in [3.63, 3.8) is 0 Å². The van der Waals surface area contributed by atoms with Crippen molar-refractivity contribution in [1.29, 1.82) is 0 Å². The number of rotatable bonds is 18. The topological polar surface area (TPSA) is 167 Å². The van der Waals surface area contributed by atoms with Gasteiger partial charge >= 0.3 is 24.0 Å². The summed E-state index contributed by atoms with van der Waals surface area (Å²) in [5.41, 5.74) is -1.26. The molecular weight excluding hydrogens is 490 g/mol. The molecule has 0 radical (unpaired) electrons. The van der Waals surface area contributed by atoms with E-state index in [4.69, 9.17) is 33.9 Å². The highest BCUT2D eigenvalue weighted by atomic mass is 16.6. The molecule has 0 bridgehead atoms. The van der Waals surface area contributed by atoms with E-state index in [1.54, 1.807) is 45.0 Å². The maximum Gasteiger partial charge on any atom is 0.408 e. The molecule has 0 saturated carbocycles. The van der Waals surface area contributed by atoms with Crippen LogP contribution in [0.4, 0.5) is 4.79 Å². The first kappa shape index (κ1) is 31.8. The minimum atomic E-state index is -1.36. The van der Waals surface area contributed by atoms with Crippen LogP contribution in [-0.4, -0.2) is 85.0 Å². The molecule has 3 N–H and O–H groups in total. The first-order valence-corrected chi connectivity index (χ1v) is 11.8. The Morgan fingerprint density at radius 1 is 0.784 bits per heavy atom. The van der Waals surface area contributed by atoms with E-state index in [1.165, 1.54) is 0 Å². The number of carboxylic acid groups (broad SMARTS) is 2. The third-order valence-corrected chi connectivity index (χ3v) is 4.51.